The predicted octanol–water partition coefficient (Wildman–Crippen LogP) is 3.88. The topological polar surface area (TPSA) is 66.9 Å². The zero-order valence-electron chi connectivity index (χ0n) is 11.9. The summed E-state index contributed by atoms with van der Waals surface area (Å²) in [6.45, 7) is 4.49. The minimum absolute atomic E-state index is 0.163. The second kappa shape index (κ2) is 7.75. The van der Waals surface area contributed by atoms with Crippen molar-refractivity contribution in [1.29, 1.82) is 0 Å². The highest BCUT2D eigenvalue weighted by Gasteiger charge is 2.18. The van der Waals surface area contributed by atoms with Gasteiger partial charge in [0.2, 0.25) is 11.0 Å². The molecule has 0 fully saturated rings. The van der Waals surface area contributed by atoms with Crippen LogP contribution in [0.15, 0.2) is 22.5 Å². The van der Waals surface area contributed by atoms with Gasteiger partial charge in [-0.25, -0.2) is 4.39 Å². The van der Waals surface area contributed by atoms with E-state index in [0.717, 1.165) is 17.7 Å². The second-order valence-corrected chi connectivity index (χ2v) is 7.25. The van der Waals surface area contributed by atoms with Crippen molar-refractivity contribution >= 4 is 51.4 Å². The number of carbonyl (C=O) groups excluding carboxylic acids is 1. The van der Waals surface area contributed by atoms with Crippen LogP contribution >= 0.6 is 34.7 Å². The smallest absolute Gasteiger partial charge is 0.237 e. The number of rotatable bonds is 6. The highest BCUT2D eigenvalue weighted by molar-refractivity contribution is 8.02. The van der Waals surface area contributed by atoms with E-state index < -0.39 is 5.82 Å². The van der Waals surface area contributed by atoms with E-state index in [1.54, 1.807) is 6.92 Å². The molecule has 0 aliphatic heterocycles. The summed E-state index contributed by atoms with van der Waals surface area (Å²) in [5.74, 6) is -0.686. The molecule has 2 N–H and O–H groups in total. The van der Waals surface area contributed by atoms with Crippen LogP contribution in [0, 0.1) is 5.82 Å². The van der Waals surface area contributed by atoms with E-state index in [2.05, 4.69) is 20.8 Å². The summed E-state index contributed by atoms with van der Waals surface area (Å²) < 4.78 is 13.7. The number of benzene rings is 1. The third-order valence-corrected chi connectivity index (χ3v) is 4.95. The highest BCUT2D eigenvalue weighted by atomic mass is 35.5. The van der Waals surface area contributed by atoms with Gasteiger partial charge >= 0.3 is 0 Å². The number of aromatic nitrogens is 2. The fraction of sp³-hybridized carbons (Fsp3) is 0.308. The van der Waals surface area contributed by atoms with Crippen molar-refractivity contribution < 1.29 is 9.18 Å². The number of halogens is 2. The van der Waals surface area contributed by atoms with Crippen molar-refractivity contribution in [2.75, 3.05) is 17.2 Å². The van der Waals surface area contributed by atoms with Crippen LogP contribution in [-0.2, 0) is 4.79 Å². The maximum absolute atomic E-state index is 13.0. The molecule has 1 unspecified atom stereocenters. The minimum Gasteiger partial charge on any atom is -0.360 e. The van der Waals surface area contributed by atoms with E-state index in [1.807, 2.05) is 6.92 Å². The van der Waals surface area contributed by atoms with E-state index in [4.69, 9.17) is 11.6 Å². The molecule has 1 aromatic heterocycles. The van der Waals surface area contributed by atoms with Crippen molar-refractivity contribution in [3.63, 3.8) is 0 Å². The van der Waals surface area contributed by atoms with Crippen molar-refractivity contribution in [3.05, 3.63) is 29.0 Å². The zero-order chi connectivity index (χ0) is 16.1. The van der Waals surface area contributed by atoms with Gasteiger partial charge in [-0.3, -0.25) is 4.79 Å². The van der Waals surface area contributed by atoms with Crippen LogP contribution < -0.4 is 10.6 Å². The molecule has 2 rings (SSSR count). The number of hydrogen-bond acceptors (Lipinski definition) is 6. The van der Waals surface area contributed by atoms with Gasteiger partial charge in [0, 0.05) is 6.54 Å². The Kier molecular flexibility index (Phi) is 5.98. The van der Waals surface area contributed by atoms with E-state index in [0.29, 0.717) is 10.0 Å². The molecule has 5 nitrogen and oxygen atoms in total. The maximum Gasteiger partial charge on any atom is 0.237 e. The lowest BCUT2D eigenvalue weighted by atomic mass is 10.3. The Labute approximate surface area is 140 Å². The Morgan fingerprint density at radius 2 is 2.27 bits per heavy atom. The van der Waals surface area contributed by atoms with Crippen LogP contribution in [0.1, 0.15) is 13.8 Å². The van der Waals surface area contributed by atoms with E-state index in [-0.39, 0.29) is 16.2 Å². The van der Waals surface area contributed by atoms with Gasteiger partial charge in [0.25, 0.3) is 0 Å². The number of carbonyl (C=O) groups is 1. The molecule has 0 radical (unpaired) electrons. The Morgan fingerprint density at radius 3 is 2.95 bits per heavy atom. The summed E-state index contributed by atoms with van der Waals surface area (Å²) in [7, 11) is 0. The quantitative estimate of drug-likeness (QED) is 0.765. The molecule has 1 aromatic carbocycles. The molecule has 118 valence electrons. The summed E-state index contributed by atoms with van der Waals surface area (Å²) in [5, 5.41) is 14.2. The summed E-state index contributed by atoms with van der Waals surface area (Å²) in [5.41, 5.74) is 0.381. The lowest BCUT2D eigenvalue weighted by molar-refractivity contribution is -0.115. The largest absolute Gasteiger partial charge is 0.360 e. The first-order valence-corrected chi connectivity index (χ1v) is 8.57. The first-order chi connectivity index (χ1) is 10.5. The summed E-state index contributed by atoms with van der Waals surface area (Å²) in [4.78, 5) is 12.1. The molecule has 0 spiro atoms. The molecule has 22 heavy (non-hydrogen) atoms. The van der Waals surface area contributed by atoms with Crippen LogP contribution in [-0.4, -0.2) is 27.9 Å². The molecule has 0 bridgehead atoms. The Hall–Kier alpha value is -1.38. The van der Waals surface area contributed by atoms with Gasteiger partial charge in [0.05, 0.1) is 16.0 Å². The van der Waals surface area contributed by atoms with Crippen LogP contribution in [0.4, 0.5) is 15.2 Å². The fourth-order valence-electron chi connectivity index (χ4n) is 1.51. The standard InChI is InChI=1S/C13H14ClFN4OS2/c1-3-16-12-18-19-13(22-12)21-7(2)11(20)17-10-5-4-8(15)6-9(10)14/h4-7H,3H2,1-2H3,(H,16,18)(H,17,20). The Balaban J connectivity index is 1.96. The van der Waals surface area contributed by atoms with Gasteiger partial charge in [-0.15, -0.1) is 10.2 Å². The lowest BCUT2D eigenvalue weighted by Crippen LogP contribution is -2.22. The van der Waals surface area contributed by atoms with Gasteiger partial charge in [0.1, 0.15) is 5.82 Å². The van der Waals surface area contributed by atoms with Crippen LogP contribution in [0.5, 0.6) is 0 Å². The molecule has 1 heterocycles. The van der Waals surface area contributed by atoms with Crippen molar-refractivity contribution in [2.24, 2.45) is 0 Å². The van der Waals surface area contributed by atoms with Crippen LogP contribution in [0.3, 0.4) is 0 Å². The highest BCUT2D eigenvalue weighted by Crippen LogP contribution is 2.30. The van der Waals surface area contributed by atoms with Crippen molar-refractivity contribution in [2.45, 2.75) is 23.4 Å². The SMILES string of the molecule is CCNc1nnc(SC(C)C(=O)Nc2ccc(F)cc2Cl)s1. The molecule has 9 heteroatoms. The van der Waals surface area contributed by atoms with Gasteiger partial charge < -0.3 is 10.6 Å². The van der Waals surface area contributed by atoms with E-state index >= 15 is 0 Å². The Bertz CT molecular complexity index is 667. The fourth-order valence-corrected chi connectivity index (χ4v) is 3.69. The average Bonchev–Trinajstić information content (AvgIpc) is 2.89. The molecular formula is C13H14ClFN4OS2. The molecule has 0 aliphatic rings. The average molecular weight is 361 g/mol. The molecule has 0 saturated carbocycles. The summed E-state index contributed by atoms with van der Waals surface area (Å²) in [6, 6.07) is 3.83. The van der Waals surface area contributed by atoms with Crippen molar-refractivity contribution in [3.8, 4) is 0 Å². The Morgan fingerprint density at radius 1 is 1.50 bits per heavy atom. The first-order valence-electron chi connectivity index (χ1n) is 6.49. The predicted molar refractivity (Wildman–Crippen MR) is 89.4 cm³/mol. The number of nitrogens with zero attached hydrogens (tertiary/aromatic N) is 2. The molecule has 2 aromatic rings. The number of nitrogens with one attached hydrogen (secondary N) is 2. The minimum atomic E-state index is -0.449. The first kappa shape index (κ1) is 17.0. The third kappa shape index (κ3) is 4.56. The molecule has 0 aliphatic carbocycles. The number of thioether (sulfide) groups is 1. The molecule has 1 atom stereocenters. The van der Waals surface area contributed by atoms with Gasteiger partial charge in [-0.05, 0) is 32.0 Å². The second-order valence-electron chi connectivity index (χ2n) is 4.28. The summed E-state index contributed by atoms with van der Waals surface area (Å²) in [6.07, 6.45) is 0. The number of hydrogen-bond donors (Lipinski definition) is 2. The zero-order valence-corrected chi connectivity index (χ0v) is 14.3. The molecular weight excluding hydrogens is 347 g/mol. The lowest BCUT2D eigenvalue weighted by Gasteiger charge is -2.11. The van der Waals surface area contributed by atoms with E-state index in [1.165, 1.54) is 35.2 Å². The monoisotopic (exact) mass is 360 g/mol. The van der Waals surface area contributed by atoms with Gasteiger partial charge in [0.15, 0.2) is 4.34 Å². The van der Waals surface area contributed by atoms with Crippen LogP contribution in [0.2, 0.25) is 5.02 Å². The normalized spacial score (nSPS) is 12.0. The summed E-state index contributed by atoms with van der Waals surface area (Å²) >= 11 is 8.58. The van der Waals surface area contributed by atoms with Gasteiger partial charge in [-0.2, -0.15) is 0 Å². The molecule has 0 saturated heterocycles. The number of amides is 1. The van der Waals surface area contributed by atoms with E-state index in [9.17, 15) is 9.18 Å². The van der Waals surface area contributed by atoms with Gasteiger partial charge in [-0.1, -0.05) is 34.7 Å². The van der Waals surface area contributed by atoms with Crippen molar-refractivity contribution in [1.82, 2.24) is 10.2 Å². The molecule has 1 amide bonds. The maximum atomic E-state index is 13.0. The number of anilines is 2. The third-order valence-electron chi connectivity index (χ3n) is 2.57. The van der Waals surface area contributed by atoms with Crippen LogP contribution in [0.25, 0.3) is 0 Å².